The van der Waals surface area contributed by atoms with E-state index in [0.717, 1.165) is 32.1 Å². The molecule has 0 heterocycles. The molecule has 2 aromatic carbocycles. The lowest BCUT2D eigenvalue weighted by molar-refractivity contribution is -0.140. The van der Waals surface area contributed by atoms with Crippen LogP contribution >= 0.6 is 0 Å². The first-order valence-corrected chi connectivity index (χ1v) is 9.72. The first-order chi connectivity index (χ1) is 12.7. The second-order valence-electron chi connectivity index (χ2n) is 7.27. The molecule has 0 saturated heterocycles. The van der Waals surface area contributed by atoms with Crippen molar-refractivity contribution in [3.8, 4) is 5.75 Å². The molecule has 0 aromatic heterocycles. The van der Waals surface area contributed by atoms with Gasteiger partial charge in [-0.1, -0.05) is 37.6 Å². The second-order valence-corrected chi connectivity index (χ2v) is 7.27. The molecular formula is C23H27FO2. The molecule has 3 heteroatoms. The minimum absolute atomic E-state index is 0.0357. The fourth-order valence-corrected chi connectivity index (χ4v) is 3.70. The van der Waals surface area contributed by atoms with Gasteiger partial charge in [-0.05, 0) is 79.8 Å². The molecule has 2 aromatic rings. The Morgan fingerprint density at radius 2 is 1.65 bits per heavy atom. The average molecular weight is 354 g/mol. The van der Waals surface area contributed by atoms with Gasteiger partial charge in [0.05, 0.1) is 5.92 Å². The van der Waals surface area contributed by atoms with E-state index in [0.29, 0.717) is 11.7 Å². The molecule has 0 amide bonds. The number of unbranched alkanes of at least 4 members (excludes halogenated alkanes) is 1. The van der Waals surface area contributed by atoms with Gasteiger partial charge < -0.3 is 4.74 Å². The van der Waals surface area contributed by atoms with Crippen LogP contribution in [0.3, 0.4) is 0 Å². The lowest BCUT2D eigenvalue weighted by Gasteiger charge is -2.27. The minimum atomic E-state index is -0.202. The topological polar surface area (TPSA) is 26.3 Å². The standard InChI is InChI=1S/C23H27FO2/c1-2-3-4-17-5-15-22(16-6-17)26-23(25)20-9-7-18(8-10-20)19-11-13-21(24)14-12-19/h5-6,11-16,18,20H,2-4,7-10H2,1H3. The zero-order chi connectivity index (χ0) is 18.4. The van der Waals surface area contributed by atoms with Gasteiger partial charge in [-0.3, -0.25) is 4.79 Å². The molecule has 0 bridgehead atoms. The van der Waals surface area contributed by atoms with E-state index in [-0.39, 0.29) is 17.7 Å². The van der Waals surface area contributed by atoms with E-state index in [4.69, 9.17) is 4.74 Å². The van der Waals surface area contributed by atoms with Crippen LogP contribution in [0.15, 0.2) is 48.5 Å². The number of carbonyl (C=O) groups excluding carboxylic acids is 1. The second kappa shape index (κ2) is 8.98. The van der Waals surface area contributed by atoms with E-state index in [1.165, 1.54) is 36.1 Å². The Hall–Kier alpha value is -2.16. The summed E-state index contributed by atoms with van der Waals surface area (Å²) in [6, 6.07) is 14.6. The number of esters is 1. The van der Waals surface area contributed by atoms with Crippen molar-refractivity contribution in [1.82, 2.24) is 0 Å². The smallest absolute Gasteiger partial charge is 0.314 e. The molecule has 2 nitrogen and oxygen atoms in total. The predicted molar refractivity (Wildman–Crippen MR) is 102 cm³/mol. The third-order valence-corrected chi connectivity index (χ3v) is 5.36. The van der Waals surface area contributed by atoms with Gasteiger partial charge in [0.2, 0.25) is 0 Å². The van der Waals surface area contributed by atoms with E-state index < -0.39 is 0 Å². The average Bonchev–Trinajstić information content (AvgIpc) is 2.68. The van der Waals surface area contributed by atoms with Gasteiger partial charge in [0.25, 0.3) is 0 Å². The van der Waals surface area contributed by atoms with Crippen molar-refractivity contribution in [2.75, 3.05) is 0 Å². The molecule has 1 aliphatic carbocycles. The number of aryl methyl sites for hydroxylation is 1. The van der Waals surface area contributed by atoms with Gasteiger partial charge in [0.1, 0.15) is 11.6 Å². The van der Waals surface area contributed by atoms with Crippen LogP contribution < -0.4 is 4.74 Å². The highest BCUT2D eigenvalue weighted by Gasteiger charge is 2.28. The van der Waals surface area contributed by atoms with Crippen molar-refractivity contribution < 1.29 is 13.9 Å². The largest absolute Gasteiger partial charge is 0.426 e. The summed E-state index contributed by atoms with van der Waals surface area (Å²) in [4.78, 5) is 12.4. The quantitative estimate of drug-likeness (QED) is 0.466. The van der Waals surface area contributed by atoms with Crippen LogP contribution in [0, 0.1) is 11.7 Å². The van der Waals surface area contributed by atoms with Crippen LogP contribution in [0.5, 0.6) is 5.75 Å². The summed E-state index contributed by atoms with van der Waals surface area (Å²) in [5, 5.41) is 0. The SMILES string of the molecule is CCCCc1ccc(OC(=O)C2CCC(c3ccc(F)cc3)CC2)cc1. The Labute approximate surface area is 155 Å². The van der Waals surface area contributed by atoms with Gasteiger partial charge in [-0.15, -0.1) is 0 Å². The van der Waals surface area contributed by atoms with E-state index in [9.17, 15) is 9.18 Å². The molecular weight excluding hydrogens is 327 g/mol. The summed E-state index contributed by atoms with van der Waals surface area (Å²) in [7, 11) is 0. The Morgan fingerprint density at radius 1 is 1.00 bits per heavy atom. The van der Waals surface area contributed by atoms with E-state index in [1.807, 2.05) is 36.4 Å². The minimum Gasteiger partial charge on any atom is -0.426 e. The molecule has 0 N–H and O–H groups in total. The van der Waals surface area contributed by atoms with Crippen molar-refractivity contribution >= 4 is 5.97 Å². The molecule has 0 aliphatic heterocycles. The van der Waals surface area contributed by atoms with Crippen LogP contribution in [0.4, 0.5) is 4.39 Å². The van der Waals surface area contributed by atoms with Gasteiger partial charge >= 0.3 is 5.97 Å². The van der Waals surface area contributed by atoms with E-state index >= 15 is 0 Å². The molecule has 0 atom stereocenters. The van der Waals surface area contributed by atoms with Gasteiger partial charge in [-0.2, -0.15) is 0 Å². The summed E-state index contributed by atoms with van der Waals surface area (Å²) >= 11 is 0. The zero-order valence-electron chi connectivity index (χ0n) is 15.4. The lowest BCUT2D eigenvalue weighted by atomic mass is 9.79. The van der Waals surface area contributed by atoms with Crippen molar-refractivity contribution in [3.05, 3.63) is 65.5 Å². The molecule has 1 aliphatic rings. The van der Waals surface area contributed by atoms with Gasteiger partial charge in [0, 0.05) is 0 Å². The van der Waals surface area contributed by atoms with Crippen molar-refractivity contribution in [2.45, 2.75) is 57.8 Å². The molecule has 0 spiro atoms. The lowest BCUT2D eigenvalue weighted by Crippen LogP contribution is -2.25. The Balaban J connectivity index is 1.49. The van der Waals surface area contributed by atoms with Crippen molar-refractivity contribution in [2.24, 2.45) is 5.92 Å². The highest BCUT2D eigenvalue weighted by molar-refractivity contribution is 5.75. The van der Waals surface area contributed by atoms with Crippen LogP contribution in [-0.4, -0.2) is 5.97 Å². The Morgan fingerprint density at radius 3 is 2.27 bits per heavy atom. The summed E-state index contributed by atoms with van der Waals surface area (Å²) in [6.45, 7) is 2.18. The number of hydrogen-bond donors (Lipinski definition) is 0. The van der Waals surface area contributed by atoms with E-state index in [1.54, 1.807) is 0 Å². The number of carbonyl (C=O) groups is 1. The number of benzene rings is 2. The highest BCUT2D eigenvalue weighted by atomic mass is 19.1. The predicted octanol–water partition coefficient (Wildman–Crippen LogP) is 6.05. The number of rotatable bonds is 6. The first kappa shape index (κ1) is 18.6. The van der Waals surface area contributed by atoms with Crippen LogP contribution in [0.25, 0.3) is 0 Å². The van der Waals surface area contributed by atoms with Crippen molar-refractivity contribution in [1.29, 1.82) is 0 Å². The molecule has 1 fully saturated rings. The summed E-state index contributed by atoms with van der Waals surface area (Å²) in [5.74, 6) is 0.690. The van der Waals surface area contributed by atoms with Crippen LogP contribution in [0.1, 0.15) is 62.5 Å². The maximum absolute atomic E-state index is 13.1. The maximum atomic E-state index is 13.1. The molecule has 1 saturated carbocycles. The van der Waals surface area contributed by atoms with Gasteiger partial charge in [-0.25, -0.2) is 4.39 Å². The number of halogens is 1. The zero-order valence-corrected chi connectivity index (χ0v) is 15.4. The van der Waals surface area contributed by atoms with Crippen LogP contribution in [0.2, 0.25) is 0 Å². The first-order valence-electron chi connectivity index (χ1n) is 9.72. The summed E-state index contributed by atoms with van der Waals surface area (Å²) in [6.07, 6.45) is 6.97. The highest BCUT2D eigenvalue weighted by Crippen LogP contribution is 2.36. The monoisotopic (exact) mass is 354 g/mol. The van der Waals surface area contributed by atoms with Gasteiger partial charge in [0.15, 0.2) is 0 Å². The molecule has 0 unspecified atom stereocenters. The maximum Gasteiger partial charge on any atom is 0.314 e. The van der Waals surface area contributed by atoms with E-state index in [2.05, 4.69) is 6.92 Å². The fourth-order valence-electron chi connectivity index (χ4n) is 3.70. The molecule has 3 rings (SSSR count). The summed E-state index contributed by atoms with van der Waals surface area (Å²) in [5.41, 5.74) is 2.45. The summed E-state index contributed by atoms with van der Waals surface area (Å²) < 4.78 is 18.6. The number of hydrogen-bond acceptors (Lipinski definition) is 2. The van der Waals surface area contributed by atoms with Crippen LogP contribution in [-0.2, 0) is 11.2 Å². The third-order valence-electron chi connectivity index (χ3n) is 5.36. The van der Waals surface area contributed by atoms with Crippen molar-refractivity contribution in [3.63, 3.8) is 0 Å². The Bertz CT molecular complexity index is 698. The number of ether oxygens (including phenoxy) is 1. The normalized spacial score (nSPS) is 19.9. The molecule has 26 heavy (non-hydrogen) atoms. The Kier molecular flexibility index (Phi) is 6.43. The molecule has 0 radical (unpaired) electrons. The molecule has 138 valence electrons. The third kappa shape index (κ3) is 4.94. The fraction of sp³-hybridized carbons (Fsp3) is 0.435.